The maximum absolute atomic E-state index is 13.0. The fraction of sp³-hybridized carbons (Fsp3) is 0.269. The van der Waals surface area contributed by atoms with Gasteiger partial charge in [-0.15, -0.1) is 0 Å². The second-order valence-corrected chi connectivity index (χ2v) is 7.86. The van der Waals surface area contributed by atoms with Crippen LogP contribution in [-0.4, -0.2) is 50.8 Å². The van der Waals surface area contributed by atoms with E-state index in [0.29, 0.717) is 41.3 Å². The molecule has 3 aromatic rings. The van der Waals surface area contributed by atoms with Crippen molar-refractivity contribution in [3.05, 3.63) is 77.9 Å². The quantitative estimate of drug-likeness (QED) is 0.502. The number of carbonyl (C=O) groups is 1. The first-order chi connectivity index (χ1) is 16.5. The van der Waals surface area contributed by atoms with E-state index in [0.717, 1.165) is 25.2 Å². The number of nitrogens with one attached hydrogen (secondary N) is 1. The van der Waals surface area contributed by atoms with E-state index in [4.69, 9.17) is 14.2 Å². The molecular weight excluding hydrogens is 442 g/mol. The van der Waals surface area contributed by atoms with Crippen LogP contribution < -0.4 is 14.8 Å². The van der Waals surface area contributed by atoms with E-state index in [2.05, 4.69) is 10.2 Å². The molecule has 4 rings (SSSR count). The summed E-state index contributed by atoms with van der Waals surface area (Å²) < 4.78 is 41.2. The molecule has 0 bridgehead atoms. The Morgan fingerprint density at radius 3 is 2.53 bits per heavy atom. The second-order valence-electron chi connectivity index (χ2n) is 7.86. The van der Waals surface area contributed by atoms with Gasteiger partial charge in [0.2, 0.25) is 0 Å². The fourth-order valence-electron chi connectivity index (χ4n) is 3.83. The summed E-state index contributed by atoms with van der Waals surface area (Å²) in [6.45, 7) is 0.914. The monoisotopic (exact) mass is 468 g/mol. The Morgan fingerprint density at radius 1 is 1.06 bits per heavy atom. The zero-order chi connectivity index (χ0) is 23.9. The van der Waals surface area contributed by atoms with Gasteiger partial charge in [0.25, 0.3) is 5.91 Å². The van der Waals surface area contributed by atoms with E-state index in [-0.39, 0.29) is 11.7 Å². The number of benzene rings is 3. The Hall–Kier alpha value is -3.49. The van der Waals surface area contributed by atoms with Crippen LogP contribution in [0.1, 0.15) is 15.9 Å². The van der Waals surface area contributed by atoms with Crippen LogP contribution in [0.2, 0.25) is 0 Å². The molecule has 1 amide bonds. The van der Waals surface area contributed by atoms with E-state index in [1.165, 1.54) is 6.07 Å². The van der Waals surface area contributed by atoms with Gasteiger partial charge in [0.15, 0.2) is 0 Å². The molecule has 3 aromatic carbocycles. The van der Waals surface area contributed by atoms with Gasteiger partial charge < -0.3 is 19.5 Å². The smallest absolute Gasteiger partial charge is 0.387 e. The highest BCUT2D eigenvalue weighted by atomic mass is 19.3. The molecule has 1 N–H and O–H groups in total. The van der Waals surface area contributed by atoms with Crippen LogP contribution in [0.3, 0.4) is 0 Å². The fourth-order valence-corrected chi connectivity index (χ4v) is 3.83. The molecule has 1 fully saturated rings. The average molecular weight is 469 g/mol. The number of halogens is 2. The predicted octanol–water partition coefficient (Wildman–Crippen LogP) is 5.05. The lowest BCUT2D eigenvalue weighted by molar-refractivity contribution is -0.0494. The van der Waals surface area contributed by atoms with Crippen molar-refractivity contribution in [1.29, 1.82) is 0 Å². The van der Waals surface area contributed by atoms with Crippen molar-refractivity contribution in [2.45, 2.75) is 13.2 Å². The normalized spacial score (nSPS) is 14.1. The minimum Gasteiger partial charge on any atom is -0.497 e. The van der Waals surface area contributed by atoms with Crippen molar-refractivity contribution in [2.75, 3.05) is 38.7 Å². The molecule has 0 radical (unpaired) electrons. The highest BCUT2D eigenvalue weighted by molar-refractivity contribution is 6.04. The summed E-state index contributed by atoms with van der Waals surface area (Å²) in [5.41, 5.74) is 3.11. The van der Waals surface area contributed by atoms with Crippen LogP contribution in [0.4, 0.5) is 14.5 Å². The molecule has 0 spiro atoms. The van der Waals surface area contributed by atoms with Crippen molar-refractivity contribution >= 4 is 11.6 Å². The standard InChI is InChI=1S/C26H26F2N2O4/c1-32-22-8-5-19(6-9-22)23-16-21(7-10-24(23)34-26(27)28)29-25(31)20-4-2-3-18(15-20)17-30-11-13-33-14-12-30/h2-10,15-16,26H,11-14,17H2,1H3,(H,29,31). The van der Waals surface area contributed by atoms with E-state index in [1.807, 2.05) is 18.2 Å². The lowest BCUT2D eigenvalue weighted by atomic mass is 10.0. The van der Waals surface area contributed by atoms with Crippen molar-refractivity contribution in [3.63, 3.8) is 0 Å². The highest BCUT2D eigenvalue weighted by Gasteiger charge is 2.15. The van der Waals surface area contributed by atoms with Gasteiger partial charge in [-0.25, -0.2) is 0 Å². The third-order valence-electron chi connectivity index (χ3n) is 5.55. The SMILES string of the molecule is COc1ccc(-c2cc(NC(=O)c3cccc(CN4CCOCC4)c3)ccc2OC(F)F)cc1. The molecule has 0 saturated carbocycles. The lowest BCUT2D eigenvalue weighted by Crippen LogP contribution is -2.35. The van der Waals surface area contributed by atoms with Gasteiger partial charge in [0, 0.05) is 36.4 Å². The minimum absolute atomic E-state index is 0.0191. The molecule has 0 aromatic heterocycles. The first-order valence-corrected chi connectivity index (χ1v) is 11.0. The number of carbonyl (C=O) groups excluding carboxylic acids is 1. The Bertz CT molecular complexity index is 1120. The number of rotatable bonds is 8. The molecule has 1 aliphatic heterocycles. The molecule has 0 atom stereocenters. The number of methoxy groups -OCH3 is 1. The number of anilines is 1. The maximum atomic E-state index is 13.0. The van der Waals surface area contributed by atoms with Crippen LogP contribution in [-0.2, 0) is 11.3 Å². The Balaban J connectivity index is 1.53. The van der Waals surface area contributed by atoms with Crippen LogP contribution in [0, 0.1) is 0 Å². The van der Waals surface area contributed by atoms with Gasteiger partial charge in [0.1, 0.15) is 11.5 Å². The zero-order valence-corrected chi connectivity index (χ0v) is 18.8. The van der Waals surface area contributed by atoms with Gasteiger partial charge in [-0.3, -0.25) is 9.69 Å². The summed E-state index contributed by atoms with van der Waals surface area (Å²) >= 11 is 0. The highest BCUT2D eigenvalue weighted by Crippen LogP contribution is 2.34. The van der Waals surface area contributed by atoms with E-state index in [1.54, 1.807) is 49.6 Å². The van der Waals surface area contributed by atoms with E-state index < -0.39 is 6.61 Å². The van der Waals surface area contributed by atoms with Crippen LogP contribution in [0.5, 0.6) is 11.5 Å². The minimum atomic E-state index is -2.97. The number of morpholine rings is 1. The van der Waals surface area contributed by atoms with Crippen LogP contribution in [0.15, 0.2) is 66.7 Å². The lowest BCUT2D eigenvalue weighted by Gasteiger charge is -2.26. The first-order valence-electron chi connectivity index (χ1n) is 11.0. The predicted molar refractivity (Wildman–Crippen MR) is 126 cm³/mol. The average Bonchev–Trinajstić information content (AvgIpc) is 2.85. The van der Waals surface area contributed by atoms with E-state index in [9.17, 15) is 13.6 Å². The van der Waals surface area contributed by atoms with Gasteiger partial charge in [-0.05, 0) is 53.6 Å². The summed E-state index contributed by atoms with van der Waals surface area (Å²) in [6.07, 6.45) is 0. The molecule has 1 heterocycles. The molecule has 34 heavy (non-hydrogen) atoms. The second kappa shape index (κ2) is 11.1. The van der Waals surface area contributed by atoms with Gasteiger partial charge in [-0.2, -0.15) is 8.78 Å². The Kier molecular flexibility index (Phi) is 7.72. The van der Waals surface area contributed by atoms with Crippen molar-refractivity contribution in [3.8, 4) is 22.6 Å². The topological polar surface area (TPSA) is 60.0 Å². The third kappa shape index (κ3) is 6.09. The van der Waals surface area contributed by atoms with Crippen LogP contribution in [0.25, 0.3) is 11.1 Å². The Morgan fingerprint density at radius 2 is 1.82 bits per heavy atom. The largest absolute Gasteiger partial charge is 0.497 e. The number of alkyl halides is 2. The first kappa shape index (κ1) is 23.7. The number of nitrogens with zero attached hydrogens (tertiary/aromatic N) is 1. The summed E-state index contributed by atoms with van der Waals surface area (Å²) in [6, 6.07) is 19.0. The zero-order valence-electron chi connectivity index (χ0n) is 18.8. The van der Waals surface area contributed by atoms with Crippen molar-refractivity contribution in [1.82, 2.24) is 4.90 Å². The summed E-state index contributed by atoms with van der Waals surface area (Å²) in [4.78, 5) is 15.2. The van der Waals surface area contributed by atoms with Gasteiger partial charge in [-0.1, -0.05) is 24.3 Å². The number of ether oxygens (including phenoxy) is 3. The number of amides is 1. The molecular formula is C26H26F2N2O4. The van der Waals surface area contributed by atoms with Crippen LogP contribution >= 0.6 is 0 Å². The summed E-state index contributed by atoms with van der Waals surface area (Å²) in [5.74, 6) is 0.374. The van der Waals surface area contributed by atoms with E-state index >= 15 is 0 Å². The maximum Gasteiger partial charge on any atom is 0.387 e. The van der Waals surface area contributed by atoms with Gasteiger partial charge >= 0.3 is 6.61 Å². The third-order valence-corrected chi connectivity index (χ3v) is 5.55. The molecule has 0 unspecified atom stereocenters. The molecule has 1 aliphatic rings. The van der Waals surface area contributed by atoms with Crippen molar-refractivity contribution < 1.29 is 27.8 Å². The number of hydrogen-bond acceptors (Lipinski definition) is 5. The molecule has 178 valence electrons. The molecule has 6 nitrogen and oxygen atoms in total. The summed E-state index contributed by atoms with van der Waals surface area (Å²) in [5, 5.41) is 2.86. The van der Waals surface area contributed by atoms with Crippen molar-refractivity contribution in [2.24, 2.45) is 0 Å². The van der Waals surface area contributed by atoms with Gasteiger partial charge in [0.05, 0.1) is 20.3 Å². The summed E-state index contributed by atoms with van der Waals surface area (Å²) in [7, 11) is 1.55. The number of hydrogen-bond donors (Lipinski definition) is 1. The Labute approximate surface area is 197 Å². The molecule has 8 heteroatoms. The molecule has 0 aliphatic carbocycles. The molecule has 1 saturated heterocycles.